The first-order valence-electron chi connectivity index (χ1n) is 6.21. The summed E-state index contributed by atoms with van der Waals surface area (Å²) in [5.41, 5.74) is 0.942. The lowest BCUT2D eigenvalue weighted by atomic mass is 10.1. The number of hydrogen-bond acceptors (Lipinski definition) is 1. The molecule has 0 aromatic heterocycles. The fourth-order valence-electron chi connectivity index (χ4n) is 1.95. The summed E-state index contributed by atoms with van der Waals surface area (Å²) >= 11 is 5.60. The van der Waals surface area contributed by atoms with E-state index >= 15 is 0 Å². The number of hydrogen-bond donors (Lipinski definition) is 0. The highest BCUT2D eigenvalue weighted by Gasteiger charge is 2.19. The van der Waals surface area contributed by atoms with E-state index in [-0.39, 0.29) is 17.8 Å². The zero-order valence-electron chi connectivity index (χ0n) is 10.8. The van der Waals surface area contributed by atoms with Crippen LogP contribution in [0.1, 0.15) is 38.3 Å². The first kappa shape index (κ1) is 15.0. The van der Waals surface area contributed by atoms with Crippen LogP contribution in [0, 0.1) is 5.82 Å². The molecule has 1 atom stereocenters. The summed E-state index contributed by atoms with van der Waals surface area (Å²) in [5.74, 6) is 0.325. The predicted octanol–water partition coefficient (Wildman–Crippen LogP) is 3.75. The van der Waals surface area contributed by atoms with Crippen LogP contribution in [0.15, 0.2) is 24.3 Å². The molecule has 1 amide bonds. The minimum atomic E-state index is -0.262. The molecule has 0 aliphatic heterocycles. The summed E-state index contributed by atoms with van der Waals surface area (Å²) in [7, 11) is 0. The molecule has 4 heteroatoms. The average molecular weight is 272 g/mol. The Labute approximate surface area is 113 Å². The molecule has 1 aromatic rings. The van der Waals surface area contributed by atoms with E-state index < -0.39 is 0 Å². The molecule has 0 heterocycles. The van der Waals surface area contributed by atoms with Gasteiger partial charge in [0.05, 0.1) is 6.04 Å². The van der Waals surface area contributed by atoms with Gasteiger partial charge in [0.1, 0.15) is 5.82 Å². The summed E-state index contributed by atoms with van der Waals surface area (Å²) in [5, 5.41) is 0. The number of halogens is 2. The Bertz CT molecular complexity index is 380. The van der Waals surface area contributed by atoms with Gasteiger partial charge in [-0.05, 0) is 38.0 Å². The third kappa shape index (κ3) is 3.98. The number of amides is 1. The first-order chi connectivity index (χ1) is 8.60. The molecule has 0 bridgehead atoms. The van der Waals surface area contributed by atoms with E-state index in [9.17, 15) is 9.18 Å². The minimum Gasteiger partial charge on any atom is -0.336 e. The molecule has 18 heavy (non-hydrogen) atoms. The van der Waals surface area contributed by atoms with Crippen molar-refractivity contribution in [2.45, 2.75) is 32.7 Å². The van der Waals surface area contributed by atoms with E-state index in [0.29, 0.717) is 25.3 Å². The van der Waals surface area contributed by atoms with Crippen LogP contribution in [0.5, 0.6) is 0 Å². The summed E-state index contributed by atoms with van der Waals surface area (Å²) in [4.78, 5) is 13.8. The number of rotatable bonds is 6. The topological polar surface area (TPSA) is 20.3 Å². The molecule has 0 saturated carbocycles. The molecule has 0 spiro atoms. The minimum absolute atomic E-state index is 0.0431. The van der Waals surface area contributed by atoms with Gasteiger partial charge in [-0.1, -0.05) is 12.1 Å². The Morgan fingerprint density at radius 2 is 2.00 bits per heavy atom. The molecule has 0 aliphatic rings. The van der Waals surface area contributed by atoms with Crippen molar-refractivity contribution in [3.63, 3.8) is 0 Å². The lowest BCUT2D eigenvalue weighted by Crippen LogP contribution is -2.33. The van der Waals surface area contributed by atoms with Crippen LogP contribution in [-0.2, 0) is 4.79 Å². The lowest BCUT2D eigenvalue weighted by molar-refractivity contribution is -0.133. The van der Waals surface area contributed by atoms with Gasteiger partial charge in [0, 0.05) is 18.8 Å². The molecular formula is C14H19ClFNO. The van der Waals surface area contributed by atoms with Gasteiger partial charge in [0.25, 0.3) is 0 Å². The molecule has 0 saturated heterocycles. The molecule has 100 valence electrons. The zero-order valence-corrected chi connectivity index (χ0v) is 11.6. The molecule has 0 fully saturated rings. The van der Waals surface area contributed by atoms with Crippen molar-refractivity contribution < 1.29 is 9.18 Å². The standard InChI is InChI=1S/C14H19ClFNO/c1-3-17(14(18)5-4-10-15)11(2)12-6-8-13(16)9-7-12/h6-9,11H,3-5,10H2,1-2H3. The van der Waals surface area contributed by atoms with Crippen LogP contribution in [0.3, 0.4) is 0 Å². The third-order valence-corrected chi connectivity index (χ3v) is 3.27. The van der Waals surface area contributed by atoms with Gasteiger partial charge < -0.3 is 4.90 Å². The van der Waals surface area contributed by atoms with Gasteiger partial charge in [0.15, 0.2) is 0 Å². The van der Waals surface area contributed by atoms with Gasteiger partial charge in [0.2, 0.25) is 5.91 Å². The van der Waals surface area contributed by atoms with E-state index in [0.717, 1.165) is 5.56 Å². The van der Waals surface area contributed by atoms with Gasteiger partial charge in [-0.15, -0.1) is 11.6 Å². The van der Waals surface area contributed by atoms with Crippen molar-refractivity contribution in [3.05, 3.63) is 35.6 Å². The second kappa shape index (κ2) is 7.37. The average Bonchev–Trinajstić information content (AvgIpc) is 2.37. The van der Waals surface area contributed by atoms with E-state index in [2.05, 4.69) is 0 Å². The van der Waals surface area contributed by atoms with Crippen LogP contribution < -0.4 is 0 Å². The first-order valence-corrected chi connectivity index (χ1v) is 6.74. The largest absolute Gasteiger partial charge is 0.336 e. The maximum Gasteiger partial charge on any atom is 0.223 e. The predicted molar refractivity (Wildman–Crippen MR) is 72.2 cm³/mol. The fourth-order valence-corrected chi connectivity index (χ4v) is 2.08. The number of benzene rings is 1. The zero-order chi connectivity index (χ0) is 13.5. The summed E-state index contributed by atoms with van der Waals surface area (Å²) in [6.45, 7) is 4.54. The second-order valence-corrected chi connectivity index (χ2v) is 4.58. The Morgan fingerprint density at radius 1 is 1.39 bits per heavy atom. The molecule has 1 rings (SSSR count). The maximum atomic E-state index is 12.9. The van der Waals surface area contributed by atoms with E-state index in [1.54, 1.807) is 17.0 Å². The lowest BCUT2D eigenvalue weighted by Gasteiger charge is -2.28. The van der Waals surface area contributed by atoms with Crippen molar-refractivity contribution in [1.29, 1.82) is 0 Å². The number of carbonyl (C=O) groups excluding carboxylic acids is 1. The van der Waals surface area contributed by atoms with Crippen molar-refractivity contribution in [3.8, 4) is 0 Å². The number of carbonyl (C=O) groups is 1. The van der Waals surface area contributed by atoms with Gasteiger partial charge in [-0.3, -0.25) is 4.79 Å². The third-order valence-electron chi connectivity index (χ3n) is 3.01. The van der Waals surface area contributed by atoms with Gasteiger partial charge in [-0.25, -0.2) is 4.39 Å². The fraction of sp³-hybridized carbons (Fsp3) is 0.500. The molecular weight excluding hydrogens is 253 g/mol. The highest BCUT2D eigenvalue weighted by Crippen LogP contribution is 2.21. The van der Waals surface area contributed by atoms with Crippen LogP contribution in [0.25, 0.3) is 0 Å². The smallest absolute Gasteiger partial charge is 0.223 e. The highest BCUT2D eigenvalue weighted by atomic mass is 35.5. The Morgan fingerprint density at radius 3 is 2.50 bits per heavy atom. The molecule has 1 aromatic carbocycles. The van der Waals surface area contributed by atoms with E-state index in [1.165, 1.54) is 12.1 Å². The SMILES string of the molecule is CCN(C(=O)CCCCl)C(C)c1ccc(F)cc1. The summed E-state index contributed by atoms with van der Waals surface area (Å²) < 4.78 is 12.9. The van der Waals surface area contributed by atoms with E-state index in [4.69, 9.17) is 11.6 Å². The second-order valence-electron chi connectivity index (χ2n) is 4.20. The molecule has 1 unspecified atom stereocenters. The Kier molecular flexibility index (Phi) is 6.13. The van der Waals surface area contributed by atoms with Crippen LogP contribution in [0.4, 0.5) is 4.39 Å². The Hall–Kier alpha value is -1.09. The normalized spacial score (nSPS) is 12.2. The molecule has 0 N–H and O–H groups in total. The van der Waals surface area contributed by atoms with Gasteiger partial charge in [-0.2, -0.15) is 0 Å². The quantitative estimate of drug-likeness (QED) is 0.722. The number of alkyl halides is 1. The summed E-state index contributed by atoms with van der Waals surface area (Å²) in [6.07, 6.45) is 1.15. The number of nitrogens with zero attached hydrogens (tertiary/aromatic N) is 1. The summed E-state index contributed by atoms with van der Waals surface area (Å²) in [6, 6.07) is 6.24. The van der Waals surface area contributed by atoms with Crippen LogP contribution >= 0.6 is 11.6 Å². The maximum absolute atomic E-state index is 12.9. The van der Waals surface area contributed by atoms with Crippen molar-refractivity contribution >= 4 is 17.5 Å². The van der Waals surface area contributed by atoms with Crippen molar-refractivity contribution in [2.24, 2.45) is 0 Å². The van der Waals surface area contributed by atoms with Gasteiger partial charge >= 0.3 is 0 Å². The molecule has 0 aliphatic carbocycles. The van der Waals surface area contributed by atoms with Crippen LogP contribution in [-0.4, -0.2) is 23.2 Å². The van der Waals surface area contributed by atoms with Crippen molar-refractivity contribution in [2.75, 3.05) is 12.4 Å². The van der Waals surface area contributed by atoms with E-state index in [1.807, 2.05) is 13.8 Å². The highest BCUT2D eigenvalue weighted by molar-refractivity contribution is 6.17. The Balaban J connectivity index is 2.75. The monoisotopic (exact) mass is 271 g/mol. The van der Waals surface area contributed by atoms with Crippen LogP contribution in [0.2, 0.25) is 0 Å². The van der Waals surface area contributed by atoms with Crippen molar-refractivity contribution in [1.82, 2.24) is 4.90 Å². The molecule has 0 radical (unpaired) electrons. The molecule has 2 nitrogen and oxygen atoms in total.